The van der Waals surface area contributed by atoms with Crippen LogP contribution >= 0.6 is 11.6 Å². The zero-order valence-corrected chi connectivity index (χ0v) is 19.9. The highest BCUT2D eigenvalue weighted by atomic mass is 35.5. The number of carbonyl (C=O) groups is 2. The predicted octanol–water partition coefficient (Wildman–Crippen LogP) is 4.16. The summed E-state index contributed by atoms with van der Waals surface area (Å²) in [6, 6.07) is 17.6. The van der Waals surface area contributed by atoms with Crippen LogP contribution in [0.5, 0.6) is 0 Å². The Balaban J connectivity index is 1.41. The predicted molar refractivity (Wildman–Crippen MR) is 131 cm³/mol. The maximum absolute atomic E-state index is 12.7. The van der Waals surface area contributed by atoms with Crippen molar-refractivity contribution in [2.24, 2.45) is 7.05 Å². The van der Waals surface area contributed by atoms with E-state index in [0.717, 1.165) is 5.52 Å². The third kappa shape index (κ3) is 5.01. The lowest BCUT2D eigenvalue weighted by Crippen LogP contribution is -2.23. The van der Waals surface area contributed by atoms with Gasteiger partial charge in [-0.25, -0.2) is 18.1 Å². The summed E-state index contributed by atoms with van der Waals surface area (Å²) in [5.74, 6) is -0.0984. The number of nitrogens with zero attached hydrogens (tertiary/aromatic N) is 2. The molecule has 0 aliphatic carbocycles. The van der Waals surface area contributed by atoms with E-state index in [0.29, 0.717) is 33.2 Å². The zero-order chi connectivity index (χ0) is 24.5. The smallest absolute Gasteiger partial charge is 0.257 e. The van der Waals surface area contributed by atoms with Crippen LogP contribution in [0.15, 0.2) is 71.6 Å². The number of aryl methyl sites for hydroxylation is 1. The summed E-state index contributed by atoms with van der Waals surface area (Å²) >= 11 is 6.01. The van der Waals surface area contributed by atoms with Gasteiger partial charge in [0, 0.05) is 29.7 Å². The highest BCUT2D eigenvalue weighted by Crippen LogP contribution is 2.22. The van der Waals surface area contributed by atoms with E-state index in [1.165, 1.54) is 31.2 Å². The summed E-state index contributed by atoms with van der Waals surface area (Å²) in [7, 11) is -1.96. The van der Waals surface area contributed by atoms with Crippen molar-refractivity contribution in [3.8, 4) is 0 Å². The Morgan fingerprint density at radius 1 is 0.971 bits per heavy atom. The number of sulfonamides is 1. The summed E-state index contributed by atoms with van der Waals surface area (Å²) < 4.78 is 29.3. The zero-order valence-electron chi connectivity index (χ0n) is 18.4. The van der Waals surface area contributed by atoms with Crippen LogP contribution in [0, 0.1) is 0 Å². The van der Waals surface area contributed by atoms with Gasteiger partial charge in [-0.2, -0.15) is 0 Å². The van der Waals surface area contributed by atoms with Crippen molar-refractivity contribution in [3.05, 3.63) is 88.4 Å². The molecule has 0 fully saturated rings. The Labute approximate surface area is 201 Å². The minimum Gasteiger partial charge on any atom is -0.313 e. The molecule has 1 aromatic heterocycles. The number of carbonyl (C=O) groups excluding carboxylic acids is 2. The molecule has 0 radical (unpaired) electrons. The van der Waals surface area contributed by atoms with Crippen molar-refractivity contribution < 1.29 is 18.0 Å². The number of ketones is 1. The van der Waals surface area contributed by atoms with Gasteiger partial charge in [-0.1, -0.05) is 35.9 Å². The van der Waals surface area contributed by atoms with E-state index in [9.17, 15) is 18.0 Å². The van der Waals surface area contributed by atoms with Gasteiger partial charge in [-0.15, -0.1) is 0 Å². The molecule has 0 aliphatic rings. The van der Waals surface area contributed by atoms with Crippen LogP contribution in [0.25, 0.3) is 11.0 Å². The molecule has 10 heteroatoms. The summed E-state index contributed by atoms with van der Waals surface area (Å²) in [6.07, 6.45) is 0. The number of nitrogens with one attached hydrogen (secondary N) is 2. The first-order chi connectivity index (χ1) is 16.1. The summed E-state index contributed by atoms with van der Waals surface area (Å²) in [5, 5.41) is 3.34. The lowest BCUT2D eigenvalue weighted by atomic mass is 10.1. The lowest BCUT2D eigenvalue weighted by Gasteiger charge is -2.09. The van der Waals surface area contributed by atoms with Crippen LogP contribution in [0.3, 0.4) is 0 Å². The van der Waals surface area contributed by atoms with Crippen molar-refractivity contribution in [1.82, 2.24) is 14.3 Å². The van der Waals surface area contributed by atoms with Crippen LogP contribution in [0.2, 0.25) is 5.02 Å². The fraction of sp³-hybridized carbons (Fsp3) is 0.125. The number of anilines is 1. The van der Waals surface area contributed by atoms with E-state index in [-0.39, 0.29) is 23.1 Å². The quantitative estimate of drug-likeness (QED) is 0.373. The topological polar surface area (TPSA) is 110 Å². The van der Waals surface area contributed by atoms with Crippen molar-refractivity contribution in [1.29, 1.82) is 0 Å². The molecule has 0 spiro atoms. The normalized spacial score (nSPS) is 11.5. The number of amides is 1. The number of Topliss-reactive ketones (excluding diaryl/α,β-unsaturated/α-hetero) is 1. The van der Waals surface area contributed by atoms with Gasteiger partial charge < -0.3 is 4.57 Å². The second-order valence-electron chi connectivity index (χ2n) is 7.68. The van der Waals surface area contributed by atoms with Crippen LogP contribution < -0.4 is 10.0 Å². The van der Waals surface area contributed by atoms with E-state index in [4.69, 9.17) is 11.6 Å². The van der Waals surface area contributed by atoms with E-state index in [1.807, 2.05) is 6.07 Å². The molecule has 0 atom stereocenters. The van der Waals surface area contributed by atoms with Gasteiger partial charge in [0.05, 0.1) is 15.9 Å². The number of halogens is 1. The molecule has 4 rings (SSSR count). The molecule has 0 unspecified atom stereocenters. The lowest BCUT2D eigenvalue weighted by molar-refractivity contribution is 0.101. The SMILES string of the molecule is CC(=O)c1ccc(S(=O)(=O)NCc2ccc(C(=O)Nc3nc4cc(Cl)ccc4n3C)cc2)cc1. The van der Waals surface area contributed by atoms with E-state index in [2.05, 4.69) is 15.0 Å². The molecule has 0 saturated carbocycles. The molecule has 1 heterocycles. The van der Waals surface area contributed by atoms with Gasteiger partial charge in [0.1, 0.15) is 0 Å². The van der Waals surface area contributed by atoms with Gasteiger partial charge in [0.25, 0.3) is 5.91 Å². The maximum atomic E-state index is 12.7. The number of rotatable bonds is 7. The van der Waals surface area contributed by atoms with E-state index >= 15 is 0 Å². The highest BCUT2D eigenvalue weighted by Gasteiger charge is 2.15. The average molecular weight is 497 g/mol. The minimum atomic E-state index is -3.75. The van der Waals surface area contributed by atoms with Crippen molar-refractivity contribution in [2.75, 3.05) is 5.32 Å². The Hall–Kier alpha value is -3.53. The number of fused-ring (bicyclic) bond motifs is 1. The monoisotopic (exact) mass is 496 g/mol. The molecule has 0 aliphatic heterocycles. The van der Waals surface area contributed by atoms with Crippen molar-refractivity contribution in [3.63, 3.8) is 0 Å². The number of benzene rings is 3. The fourth-order valence-electron chi connectivity index (χ4n) is 3.36. The molecular formula is C24H21ClN4O4S. The minimum absolute atomic E-state index is 0.0458. The number of hydrogen-bond donors (Lipinski definition) is 2. The standard InChI is InChI=1S/C24H21ClN4O4S/c1-15(30)17-7-10-20(11-8-17)34(32,33)26-14-16-3-5-18(6-4-16)23(31)28-24-27-21-13-19(25)9-12-22(21)29(24)2/h3-13,26H,14H2,1-2H3,(H,27,28,31). The highest BCUT2D eigenvalue weighted by molar-refractivity contribution is 7.89. The van der Waals surface area contributed by atoms with Crippen molar-refractivity contribution >= 4 is 50.3 Å². The first kappa shape index (κ1) is 23.6. The number of hydrogen-bond acceptors (Lipinski definition) is 5. The largest absolute Gasteiger partial charge is 0.313 e. The van der Waals surface area contributed by atoms with Crippen LogP contribution in [-0.4, -0.2) is 29.7 Å². The Morgan fingerprint density at radius 2 is 1.62 bits per heavy atom. The second kappa shape index (κ2) is 9.38. The molecular weight excluding hydrogens is 476 g/mol. The molecule has 174 valence electrons. The maximum Gasteiger partial charge on any atom is 0.257 e. The molecule has 0 saturated heterocycles. The average Bonchev–Trinajstić information content (AvgIpc) is 3.12. The first-order valence-electron chi connectivity index (χ1n) is 10.3. The first-order valence-corrected chi connectivity index (χ1v) is 12.1. The van der Waals surface area contributed by atoms with Gasteiger partial charge >= 0.3 is 0 Å². The van der Waals surface area contributed by atoms with Gasteiger partial charge in [-0.3, -0.25) is 14.9 Å². The number of aromatic nitrogens is 2. The van der Waals surface area contributed by atoms with E-state index in [1.54, 1.807) is 48.0 Å². The second-order valence-corrected chi connectivity index (χ2v) is 9.89. The molecule has 0 bridgehead atoms. The summed E-state index contributed by atoms with van der Waals surface area (Å²) in [6.45, 7) is 1.46. The van der Waals surface area contributed by atoms with E-state index < -0.39 is 10.0 Å². The molecule has 2 N–H and O–H groups in total. The number of imidazole rings is 1. The van der Waals surface area contributed by atoms with Gasteiger partial charge in [0.2, 0.25) is 16.0 Å². The van der Waals surface area contributed by atoms with Crippen LogP contribution in [0.4, 0.5) is 5.95 Å². The third-order valence-electron chi connectivity index (χ3n) is 5.32. The van der Waals surface area contributed by atoms with Gasteiger partial charge in [-0.05, 0) is 55.0 Å². The summed E-state index contributed by atoms with van der Waals surface area (Å²) in [5.41, 5.74) is 3.02. The Bertz CT molecular complexity index is 1490. The third-order valence-corrected chi connectivity index (χ3v) is 6.97. The molecule has 8 nitrogen and oxygen atoms in total. The van der Waals surface area contributed by atoms with Crippen molar-refractivity contribution in [2.45, 2.75) is 18.4 Å². The van der Waals surface area contributed by atoms with Crippen LogP contribution in [0.1, 0.15) is 33.2 Å². The Kier molecular flexibility index (Phi) is 6.52. The molecule has 34 heavy (non-hydrogen) atoms. The molecule has 3 aromatic carbocycles. The summed E-state index contributed by atoms with van der Waals surface area (Å²) in [4.78, 5) is 28.5. The molecule has 1 amide bonds. The van der Waals surface area contributed by atoms with Gasteiger partial charge in [0.15, 0.2) is 5.78 Å². The Morgan fingerprint density at radius 3 is 2.26 bits per heavy atom. The molecule has 4 aromatic rings. The van der Waals surface area contributed by atoms with Crippen LogP contribution in [-0.2, 0) is 23.6 Å². The fourth-order valence-corrected chi connectivity index (χ4v) is 4.55.